The summed E-state index contributed by atoms with van der Waals surface area (Å²) in [4.78, 5) is 56.7. The molecule has 1 aliphatic carbocycles. The molecule has 0 radical (unpaired) electrons. The van der Waals surface area contributed by atoms with Crippen LogP contribution in [-0.4, -0.2) is 78.1 Å². The van der Waals surface area contributed by atoms with Gasteiger partial charge >= 0.3 is 6.18 Å². The van der Waals surface area contributed by atoms with Crippen molar-refractivity contribution in [1.82, 2.24) is 31.4 Å². The van der Waals surface area contributed by atoms with Crippen LogP contribution < -0.4 is 21.4 Å². The number of H-pyrrole nitrogens is 1. The number of ether oxygens (including phenoxy) is 1. The number of benzene rings is 2. The van der Waals surface area contributed by atoms with Crippen LogP contribution in [0.25, 0.3) is 10.9 Å². The van der Waals surface area contributed by atoms with Crippen molar-refractivity contribution in [2.75, 3.05) is 32.8 Å². The van der Waals surface area contributed by atoms with Crippen molar-refractivity contribution >= 4 is 34.5 Å². The van der Waals surface area contributed by atoms with E-state index < -0.39 is 59.3 Å². The Morgan fingerprint density at radius 3 is 2.47 bits per heavy atom. The molecule has 1 aromatic heterocycles. The number of hydrazine groups is 1. The van der Waals surface area contributed by atoms with Crippen LogP contribution in [0.5, 0.6) is 0 Å². The lowest BCUT2D eigenvalue weighted by Gasteiger charge is -2.39. The number of nitrogens with one attached hydrogen (secondary N) is 5. The van der Waals surface area contributed by atoms with Crippen LogP contribution in [0.1, 0.15) is 49.1 Å². The van der Waals surface area contributed by atoms with Gasteiger partial charge in [0.05, 0.1) is 37.3 Å². The van der Waals surface area contributed by atoms with Gasteiger partial charge in [-0.3, -0.25) is 24.6 Å². The van der Waals surface area contributed by atoms with Crippen molar-refractivity contribution in [3.8, 4) is 0 Å². The van der Waals surface area contributed by atoms with E-state index in [0.717, 1.165) is 6.07 Å². The van der Waals surface area contributed by atoms with Crippen LogP contribution in [0.15, 0.2) is 42.5 Å². The van der Waals surface area contributed by atoms with Crippen LogP contribution in [0.4, 0.5) is 17.6 Å². The highest BCUT2D eigenvalue weighted by atomic mass is 19.4. The molecule has 2 heterocycles. The van der Waals surface area contributed by atoms with Crippen LogP contribution in [0.2, 0.25) is 0 Å². The molecule has 2 aromatic carbocycles. The van der Waals surface area contributed by atoms with Gasteiger partial charge in [-0.05, 0) is 42.0 Å². The Morgan fingerprint density at radius 2 is 1.78 bits per heavy atom. The average molecular weight is 689 g/mol. The third-order valence-corrected chi connectivity index (χ3v) is 9.25. The molecular formula is C34H40F4N6O5. The number of halogens is 4. The minimum Gasteiger partial charge on any atom is -0.379 e. The number of aryl methyl sites for hydroxylation is 1. The van der Waals surface area contributed by atoms with Gasteiger partial charge in [0.1, 0.15) is 17.4 Å². The molecule has 5 rings (SSSR count). The number of carbonyl (C=O) groups is 4. The molecule has 5 N–H and O–H groups in total. The number of alkyl halides is 3. The Kier molecular flexibility index (Phi) is 10.9. The highest BCUT2D eigenvalue weighted by Gasteiger charge is 2.46. The summed E-state index contributed by atoms with van der Waals surface area (Å²) in [7, 11) is 0. The number of para-hydroxylation sites is 1. The van der Waals surface area contributed by atoms with Crippen molar-refractivity contribution in [3.63, 3.8) is 0 Å². The van der Waals surface area contributed by atoms with Crippen molar-refractivity contribution in [3.05, 3.63) is 70.7 Å². The van der Waals surface area contributed by atoms with Crippen LogP contribution in [0.3, 0.4) is 0 Å². The first kappa shape index (κ1) is 35.8. The highest BCUT2D eigenvalue weighted by molar-refractivity contribution is 5.98. The van der Waals surface area contributed by atoms with Gasteiger partial charge in [0.2, 0.25) is 17.7 Å². The number of morpholine rings is 1. The molecule has 0 saturated carbocycles. The molecule has 1 saturated heterocycles. The average Bonchev–Trinajstić information content (AvgIpc) is 3.44. The SMILES string of the molecule is CCC(C)[C@H](NC(=O)C1(NC(=O)CNC(=O)Cc2ccccc2F)CCc2[nH]c3c(C(F)(F)F)cccc3c2C1)C(=O)NN1CCOCC1. The molecule has 11 nitrogen and oxygen atoms in total. The zero-order valence-corrected chi connectivity index (χ0v) is 27.3. The van der Waals surface area contributed by atoms with E-state index in [4.69, 9.17) is 4.74 Å². The summed E-state index contributed by atoms with van der Waals surface area (Å²) in [6, 6.07) is 8.50. The first-order valence-electron chi connectivity index (χ1n) is 16.3. The third kappa shape index (κ3) is 8.21. The topological polar surface area (TPSA) is 145 Å². The van der Waals surface area contributed by atoms with Crippen LogP contribution >= 0.6 is 0 Å². The summed E-state index contributed by atoms with van der Waals surface area (Å²) >= 11 is 0. The lowest BCUT2D eigenvalue weighted by Crippen LogP contribution is -2.66. The molecule has 3 aromatic rings. The van der Waals surface area contributed by atoms with Gasteiger partial charge in [-0.25, -0.2) is 9.40 Å². The summed E-state index contributed by atoms with van der Waals surface area (Å²) in [5.74, 6) is -3.40. The fraction of sp³-hybridized carbons (Fsp3) is 0.471. The molecule has 2 unspecified atom stereocenters. The number of fused-ring (bicyclic) bond motifs is 3. The zero-order valence-electron chi connectivity index (χ0n) is 27.3. The van der Waals surface area contributed by atoms with Gasteiger partial charge in [-0.1, -0.05) is 50.6 Å². The first-order chi connectivity index (χ1) is 23.3. The van der Waals surface area contributed by atoms with Crippen LogP contribution in [-0.2, 0) is 49.4 Å². The van der Waals surface area contributed by atoms with Crippen molar-refractivity contribution in [2.45, 2.75) is 63.7 Å². The largest absolute Gasteiger partial charge is 0.418 e. The standard InChI is InChI=1S/C34H40F4N6O5/c1-3-20(2)29(31(47)43-44-13-15-49-16-14-44)41-32(48)33(42-28(46)19-39-27(45)17-21-7-4-5-10-25(21)35)12-11-26-23(18-33)22-8-6-9-24(30(22)40-26)34(36,37)38/h4-10,20,29,40H,3,11-19H2,1-2H3,(H,39,45)(H,41,48)(H,42,46)(H,43,47)/t20?,29-,33?/m0/s1. The second kappa shape index (κ2) is 14.9. The molecule has 4 amide bonds. The molecule has 1 aliphatic heterocycles. The maximum atomic E-state index is 14.3. The van der Waals surface area contributed by atoms with E-state index in [1.807, 2.05) is 6.92 Å². The van der Waals surface area contributed by atoms with Gasteiger partial charge in [0.15, 0.2) is 0 Å². The smallest absolute Gasteiger partial charge is 0.379 e. The quantitative estimate of drug-likeness (QED) is 0.196. The number of carbonyl (C=O) groups excluding carboxylic acids is 4. The minimum atomic E-state index is -4.63. The van der Waals surface area contributed by atoms with Crippen molar-refractivity contribution in [2.24, 2.45) is 5.92 Å². The van der Waals surface area contributed by atoms with Crippen LogP contribution in [0, 0.1) is 11.7 Å². The minimum absolute atomic E-state index is 0.00672. The maximum Gasteiger partial charge on any atom is 0.418 e. The number of hydrogen-bond donors (Lipinski definition) is 5. The second-order valence-corrected chi connectivity index (χ2v) is 12.6. The predicted octanol–water partition coefficient (Wildman–Crippen LogP) is 2.92. The fourth-order valence-corrected chi connectivity index (χ4v) is 6.31. The summed E-state index contributed by atoms with van der Waals surface area (Å²) < 4.78 is 61.1. The number of hydrogen-bond acceptors (Lipinski definition) is 6. The summed E-state index contributed by atoms with van der Waals surface area (Å²) in [6.45, 7) is 4.89. The number of rotatable bonds is 11. The van der Waals surface area contributed by atoms with Gasteiger partial charge in [-0.15, -0.1) is 0 Å². The second-order valence-electron chi connectivity index (χ2n) is 12.6. The van der Waals surface area contributed by atoms with E-state index in [1.165, 1.54) is 30.3 Å². The van der Waals surface area contributed by atoms with Gasteiger partial charge in [0, 0.05) is 30.6 Å². The Hall–Kier alpha value is -4.50. The van der Waals surface area contributed by atoms with Gasteiger partial charge in [-0.2, -0.15) is 13.2 Å². The third-order valence-electron chi connectivity index (χ3n) is 9.25. The van der Waals surface area contributed by atoms with E-state index in [2.05, 4.69) is 26.4 Å². The molecule has 1 fully saturated rings. The van der Waals surface area contributed by atoms with E-state index in [0.29, 0.717) is 44.0 Å². The predicted molar refractivity (Wildman–Crippen MR) is 171 cm³/mol. The fourth-order valence-electron chi connectivity index (χ4n) is 6.31. The lowest BCUT2D eigenvalue weighted by molar-refractivity contribution is -0.139. The zero-order chi connectivity index (χ0) is 35.3. The number of aromatic nitrogens is 1. The molecule has 0 spiro atoms. The number of amides is 4. The highest BCUT2D eigenvalue weighted by Crippen LogP contribution is 2.40. The van der Waals surface area contributed by atoms with Gasteiger partial charge in [0.25, 0.3) is 5.91 Å². The monoisotopic (exact) mass is 688 g/mol. The molecule has 15 heteroatoms. The Labute approximate surface area is 280 Å². The normalized spacial score (nSPS) is 19.4. The van der Waals surface area contributed by atoms with E-state index in [-0.39, 0.29) is 48.1 Å². The molecule has 3 atom stereocenters. The summed E-state index contributed by atoms with van der Waals surface area (Å²) in [5, 5.41) is 10.00. The molecule has 2 aliphatic rings. The molecule has 0 bridgehead atoms. The molecule has 49 heavy (non-hydrogen) atoms. The summed E-state index contributed by atoms with van der Waals surface area (Å²) in [5.41, 5.74) is 1.25. The van der Waals surface area contributed by atoms with Crippen molar-refractivity contribution < 1.29 is 41.5 Å². The number of aromatic amines is 1. The van der Waals surface area contributed by atoms with E-state index in [9.17, 15) is 36.7 Å². The Morgan fingerprint density at radius 1 is 1.04 bits per heavy atom. The number of nitrogens with zero attached hydrogens (tertiary/aromatic N) is 1. The first-order valence-corrected chi connectivity index (χ1v) is 16.3. The van der Waals surface area contributed by atoms with Crippen molar-refractivity contribution in [1.29, 1.82) is 0 Å². The Bertz CT molecular complexity index is 1710. The maximum absolute atomic E-state index is 14.3. The molecular weight excluding hydrogens is 648 g/mol. The van der Waals surface area contributed by atoms with E-state index in [1.54, 1.807) is 18.0 Å². The van der Waals surface area contributed by atoms with Gasteiger partial charge < -0.3 is 25.7 Å². The molecule has 264 valence electrons. The summed E-state index contributed by atoms with van der Waals surface area (Å²) in [6.07, 6.45) is -4.49. The Balaban J connectivity index is 1.41. The van der Waals surface area contributed by atoms with E-state index >= 15 is 0 Å². The lowest BCUT2D eigenvalue weighted by atomic mass is 9.78.